The summed E-state index contributed by atoms with van der Waals surface area (Å²) in [6.07, 6.45) is 0. The van der Waals surface area contributed by atoms with Crippen LogP contribution in [0.4, 0.5) is 5.82 Å². The lowest BCUT2D eigenvalue weighted by molar-refractivity contribution is 1.02. The van der Waals surface area contributed by atoms with Crippen molar-refractivity contribution in [1.82, 2.24) is 10.2 Å². The van der Waals surface area contributed by atoms with Gasteiger partial charge in [-0.15, -0.1) is 10.2 Å². The molecule has 0 aliphatic rings. The van der Waals surface area contributed by atoms with Gasteiger partial charge in [0.05, 0.1) is 10.7 Å². The lowest BCUT2D eigenvalue weighted by Crippen LogP contribution is -2.00. The molecule has 0 fully saturated rings. The maximum atomic E-state index is 6.08. The molecule has 3 nitrogen and oxygen atoms in total. The van der Waals surface area contributed by atoms with Crippen molar-refractivity contribution in [1.29, 1.82) is 0 Å². The summed E-state index contributed by atoms with van der Waals surface area (Å²) in [6, 6.07) is 11.4. The van der Waals surface area contributed by atoms with Crippen LogP contribution in [0.5, 0.6) is 0 Å². The van der Waals surface area contributed by atoms with Crippen molar-refractivity contribution in [3.05, 3.63) is 41.4 Å². The van der Waals surface area contributed by atoms with Gasteiger partial charge in [-0.2, -0.15) is 0 Å². The smallest absolute Gasteiger partial charge is 0.148 e. The van der Waals surface area contributed by atoms with Gasteiger partial charge in [-0.25, -0.2) is 0 Å². The first-order chi connectivity index (χ1) is 7.81. The molecule has 0 bridgehead atoms. The molecule has 0 amide bonds. The number of hydrogen-bond donors (Lipinski definition) is 1. The Morgan fingerprint density at radius 3 is 2.56 bits per heavy atom. The lowest BCUT2D eigenvalue weighted by atomic mass is 10.1. The molecule has 1 heterocycles. The van der Waals surface area contributed by atoms with E-state index in [2.05, 4.69) is 15.5 Å². The van der Waals surface area contributed by atoms with E-state index in [0.717, 1.165) is 23.6 Å². The Kier molecular flexibility index (Phi) is 3.37. The van der Waals surface area contributed by atoms with E-state index in [1.165, 1.54) is 0 Å². The monoisotopic (exact) mass is 233 g/mol. The normalized spacial score (nSPS) is 10.1. The molecule has 1 N–H and O–H groups in total. The third-order valence-electron chi connectivity index (χ3n) is 2.17. The maximum absolute atomic E-state index is 6.08. The molecular weight excluding hydrogens is 222 g/mol. The van der Waals surface area contributed by atoms with Crippen molar-refractivity contribution < 1.29 is 0 Å². The summed E-state index contributed by atoms with van der Waals surface area (Å²) in [4.78, 5) is 0. The molecule has 1 aromatic carbocycles. The van der Waals surface area contributed by atoms with Crippen LogP contribution in [0, 0.1) is 0 Å². The van der Waals surface area contributed by atoms with E-state index in [-0.39, 0.29) is 0 Å². The van der Waals surface area contributed by atoms with Gasteiger partial charge >= 0.3 is 0 Å². The number of rotatable bonds is 3. The van der Waals surface area contributed by atoms with Crippen LogP contribution in [0.2, 0.25) is 5.02 Å². The molecule has 0 unspecified atom stereocenters. The van der Waals surface area contributed by atoms with E-state index >= 15 is 0 Å². The van der Waals surface area contributed by atoms with Gasteiger partial charge in [0.15, 0.2) is 0 Å². The zero-order valence-electron chi connectivity index (χ0n) is 8.94. The van der Waals surface area contributed by atoms with Crippen molar-refractivity contribution in [3.63, 3.8) is 0 Å². The third-order valence-corrected chi connectivity index (χ3v) is 2.50. The summed E-state index contributed by atoms with van der Waals surface area (Å²) < 4.78 is 0. The Morgan fingerprint density at radius 1 is 1.12 bits per heavy atom. The fourth-order valence-electron chi connectivity index (χ4n) is 1.42. The van der Waals surface area contributed by atoms with Gasteiger partial charge in [0.1, 0.15) is 5.82 Å². The van der Waals surface area contributed by atoms with Crippen LogP contribution in [0.3, 0.4) is 0 Å². The molecule has 16 heavy (non-hydrogen) atoms. The Morgan fingerprint density at radius 2 is 1.94 bits per heavy atom. The van der Waals surface area contributed by atoms with E-state index < -0.39 is 0 Å². The minimum atomic E-state index is 0.688. The second kappa shape index (κ2) is 4.94. The van der Waals surface area contributed by atoms with Crippen LogP contribution in [0.15, 0.2) is 36.4 Å². The molecule has 0 saturated heterocycles. The van der Waals surface area contributed by atoms with Gasteiger partial charge in [0.2, 0.25) is 0 Å². The van der Waals surface area contributed by atoms with Gasteiger partial charge < -0.3 is 5.32 Å². The zero-order chi connectivity index (χ0) is 11.4. The van der Waals surface area contributed by atoms with Crippen LogP contribution in [0.25, 0.3) is 11.3 Å². The predicted molar refractivity (Wildman–Crippen MR) is 66.6 cm³/mol. The number of benzene rings is 1. The average molecular weight is 234 g/mol. The first-order valence-electron chi connectivity index (χ1n) is 5.13. The quantitative estimate of drug-likeness (QED) is 0.885. The lowest BCUT2D eigenvalue weighted by Gasteiger charge is -2.04. The standard InChI is InChI=1S/C12H12ClN3/c1-2-14-12-8-7-11(15-16-12)9-5-3-4-6-10(9)13/h3-8H,2H2,1H3,(H,14,16). The molecular formula is C12H12ClN3. The fraction of sp³-hybridized carbons (Fsp3) is 0.167. The maximum Gasteiger partial charge on any atom is 0.148 e. The second-order valence-electron chi connectivity index (χ2n) is 3.31. The largest absolute Gasteiger partial charge is 0.369 e. The Balaban J connectivity index is 2.31. The number of hydrogen-bond acceptors (Lipinski definition) is 3. The SMILES string of the molecule is CCNc1ccc(-c2ccccc2Cl)nn1. The van der Waals surface area contributed by atoms with Crippen molar-refractivity contribution in [2.75, 3.05) is 11.9 Å². The van der Waals surface area contributed by atoms with Gasteiger partial charge in [-0.05, 0) is 25.1 Å². The number of nitrogens with zero attached hydrogens (tertiary/aromatic N) is 2. The summed E-state index contributed by atoms with van der Waals surface area (Å²) in [6.45, 7) is 2.85. The van der Waals surface area contributed by atoms with Gasteiger partial charge in [0, 0.05) is 12.1 Å². The second-order valence-corrected chi connectivity index (χ2v) is 3.72. The molecule has 0 atom stereocenters. The number of aromatic nitrogens is 2. The fourth-order valence-corrected chi connectivity index (χ4v) is 1.65. The summed E-state index contributed by atoms with van der Waals surface area (Å²) in [7, 11) is 0. The Hall–Kier alpha value is -1.61. The molecule has 0 aliphatic carbocycles. The molecule has 2 aromatic rings. The summed E-state index contributed by atoms with van der Waals surface area (Å²) >= 11 is 6.08. The van der Waals surface area contributed by atoms with Crippen LogP contribution in [-0.4, -0.2) is 16.7 Å². The predicted octanol–water partition coefficient (Wildman–Crippen LogP) is 3.23. The van der Waals surface area contributed by atoms with Gasteiger partial charge in [-0.1, -0.05) is 29.8 Å². The Labute approximate surface area is 99.5 Å². The van der Waals surface area contributed by atoms with Crippen LogP contribution >= 0.6 is 11.6 Å². The summed E-state index contributed by atoms with van der Waals surface area (Å²) in [5.74, 6) is 0.776. The average Bonchev–Trinajstić information content (AvgIpc) is 2.31. The number of halogens is 1. The highest BCUT2D eigenvalue weighted by Gasteiger charge is 2.04. The summed E-state index contributed by atoms with van der Waals surface area (Å²) in [5.41, 5.74) is 1.69. The van der Waals surface area contributed by atoms with Crippen LogP contribution in [-0.2, 0) is 0 Å². The highest BCUT2D eigenvalue weighted by molar-refractivity contribution is 6.33. The molecule has 82 valence electrons. The molecule has 4 heteroatoms. The minimum Gasteiger partial charge on any atom is -0.369 e. The number of anilines is 1. The molecule has 1 aromatic heterocycles. The van der Waals surface area contributed by atoms with E-state index in [0.29, 0.717) is 5.02 Å². The highest BCUT2D eigenvalue weighted by Crippen LogP contribution is 2.25. The molecule has 2 rings (SSSR count). The van der Waals surface area contributed by atoms with Crippen LogP contribution in [0.1, 0.15) is 6.92 Å². The highest BCUT2D eigenvalue weighted by atomic mass is 35.5. The van der Waals surface area contributed by atoms with E-state index in [1.54, 1.807) is 0 Å². The Bertz CT molecular complexity index is 468. The van der Waals surface area contributed by atoms with E-state index in [4.69, 9.17) is 11.6 Å². The molecule has 0 radical (unpaired) electrons. The van der Waals surface area contributed by atoms with Crippen molar-refractivity contribution in [2.24, 2.45) is 0 Å². The van der Waals surface area contributed by atoms with Crippen molar-refractivity contribution in [3.8, 4) is 11.3 Å². The van der Waals surface area contributed by atoms with E-state index in [9.17, 15) is 0 Å². The van der Waals surface area contributed by atoms with Crippen molar-refractivity contribution in [2.45, 2.75) is 6.92 Å². The first kappa shape index (κ1) is 10.9. The topological polar surface area (TPSA) is 37.8 Å². The molecule has 0 aliphatic heterocycles. The third kappa shape index (κ3) is 2.31. The van der Waals surface area contributed by atoms with E-state index in [1.807, 2.05) is 43.3 Å². The van der Waals surface area contributed by atoms with Crippen LogP contribution < -0.4 is 5.32 Å². The molecule has 0 spiro atoms. The number of nitrogens with one attached hydrogen (secondary N) is 1. The van der Waals surface area contributed by atoms with Gasteiger partial charge in [-0.3, -0.25) is 0 Å². The van der Waals surface area contributed by atoms with Gasteiger partial charge in [0.25, 0.3) is 0 Å². The minimum absolute atomic E-state index is 0.688. The molecule has 0 saturated carbocycles. The zero-order valence-corrected chi connectivity index (χ0v) is 9.70. The first-order valence-corrected chi connectivity index (χ1v) is 5.51. The summed E-state index contributed by atoms with van der Waals surface area (Å²) in [5, 5.41) is 12.0. The van der Waals surface area contributed by atoms with Crippen molar-refractivity contribution >= 4 is 17.4 Å².